The summed E-state index contributed by atoms with van der Waals surface area (Å²) in [5, 5.41) is 11.5. The van der Waals surface area contributed by atoms with Crippen LogP contribution in [0.2, 0.25) is 0 Å². The predicted molar refractivity (Wildman–Crippen MR) is 213 cm³/mol. The fraction of sp³-hybridized carbons (Fsp3) is 0.732. The third kappa shape index (κ3) is 14.4. The average molecular weight is 772 g/mol. The summed E-state index contributed by atoms with van der Waals surface area (Å²) in [6, 6.07) is 2.72. The number of unbranched alkanes of at least 4 members (excludes halogenated alkanes) is 3. The standard InChI is InChI=1S/C41H69N7O7/c1-6-8-9-13-17-35-28(4)41(53)48(5)34(14-7-2)39(51)47-36(30-15-11-10-12-16-30)40(52)45-32(24-43)37(49)46-33(38(50)44-27(3)25-55-35)26-54-31-20-18-29(19-21-31)22-23-42/h18-21,27-28,30,32-36H,6-17,22-26,42-43H2,1-5H3,(H,44,50)(H,45,52)(H,46,49)(H,47,51)/t27-,28-,32+,33+,34+,35-,36+/m1/s1. The Morgan fingerprint density at radius 3 is 2.09 bits per heavy atom. The van der Waals surface area contributed by atoms with Crippen molar-refractivity contribution < 1.29 is 33.4 Å². The molecule has 0 bridgehead atoms. The number of hydrogen-bond donors (Lipinski definition) is 6. The molecule has 310 valence electrons. The van der Waals surface area contributed by atoms with E-state index in [9.17, 15) is 24.0 Å². The van der Waals surface area contributed by atoms with Crippen LogP contribution in [-0.2, 0) is 35.1 Å². The molecule has 0 aromatic heterocycles. The molecule has 1 aromatic carbocycles. The average Bonchev–Trinajstić information content (AvgIpc) is 3.18. The molecule has 0 spiro atoms. The zero-order valence-electron chi connectivity index (χ0n) is 33.9. The number of nitrogens with two attached hydrogens (primary N) is 2. The molecule has 2 fully saturated rings. The van der Waals surface area contributed by atoms with Crippen molar-refractivity contribution >= 4 is 29.5 Å². The van der Waals surface area contributed by atoms with Crippen molar-refractivity contribution in [1.29, 1.82) is 0 Å². The molecular weight excluding hydrogens is 702 g/mol. The maximum atomic E-state index is 14.1. The van der Waals surface area contributed by atoms with Gasteiger partial charge in [0.2, 0.25) is 29.5 Å². The molecule has 8 N–H and O–H groups in total. The number of carbonyl (C=O) groups excluding carboxylic acids is 5. The van der Waals surface area contributed by atoms with Gasteiger partial charge < -0.3 is 47.1 Å². The van der Waals surface area contributed by atoms with Gasteiger partial charge in [0, 0.05) is 19.6 Å². The molecule has 0 unspecified atom stereocenters. The zero-order valence-corrected chi connectivity index (χ0v) is 33.9. The summed E-state index contributed by atoms with van der Waals surface area (Å²) in [6.07, 6.45) is 10.2. The van der Waals surface area contributed by atoms with Gasteiger partial charge in [0.1, 0.15) is 36.5 Å². The number of likely N-dealkylation sites (N-methyl/N-ethyl adjacent to an activating group) is 1. The van der Waals surface area contributed by atoms with Gasteiger partial charge in [-0.1, -0.05) is 84.3 Å². The van der Waals surface area contributed by atoms with Gasteiger partial charge in [-0.05, 0) is 69.2 Å². The Kier molecular flexibility index (Phi) is 19.9. The Morgan fingerprint density at radius 1 is 0.782 bits per heavy atom. The lowest BCUT2D eigenvalue weighted by Gasteiger charge is -2.35. The Morgan fingerprint density at radius 2 is 1.45 bits per heavy atom. The second-order valence-electron chi connectivity index (χ2n) is 15.4. The Bertz CT molecular complexity index is 1360. The van der Waals surface area contributed by atoms with Gasteiger partial charge in [0.25, 0.3) is 0 Å². The van der Waals surface area contributed by atoms with E-state index < -0.39 is 65.9 Å². The van der Waals surface area contributed by atoms with Crippen molar-refractivity contribution in [2.45, 2.75) is 147 Å². The molecular formula is C41H69N7O7. The topological polar surface area (TPSA) is 207 Å². The van der Waals surface area contributed by atoms with E-state index in [1.165, 1.54) is 4.90 Å². The minimum Gasteiger partial charge on any atom is -0.491 e. The van der Waals surface area contributed by atoms with Crippen molar-refractivity contribution in [2.24, 2.45) is 23.3 Å². The summed E-state index contributed by atoms with van der Waals surface area (Å²) >= 11 is 0. The van der Waals surface area contributed by atoms with Gasteiger partial charge in [0.05, 0.1) is 18.6 Å². The molecule has 1 heterocycles. The lowest BCUT2D eigenvalue weighted by molar-refractivity contribution is -0.147. The fourth-order valence-electron chi connectivity index (χ4n) is 7.47. The highest BCUT2D eigenvalue weighted by atomic mass is 16.5. The first-order valence-corrected chi connectivity index (χ1v) is 20.6. The molecule has 7 atom stereocenters. The number of rotatable bonds is 14. The fourth-order valence-corrected chi connectivity index (χ4v) is 7.47. The number of nitrogens with zero attached hydrogens (tertiary/aromatic N) is 1. The SMILES string of the molecule is CCCCCC[C@H]1OC[C@@H](C)NC(=O)[C@H](COc2ccc(CCN)cc2)NC(=O)[C@H](CN)NC(=O)[C@H](C2CCCCC2)NC(=O)[C@H](CCC)N(C)C(=O)[C@@H]1C. The van der Waals surface area contributed by atoms with Crippen LogP contribution in [0.25, 0.3) is 0 Å². The summed E-state index contributed by atoms with van der Waals surface area (Å²) in [6.45, 7) is 7.87. The molecule has 1 saturated heterocycles. The van der Waals surface area contributed by atoms with E-state index in [0.717, 1.165) is 63.4 Å². The van der Waals surface area contributed by atoms with Gasteiger partial charge >= 0.3 is 0 Å². The molecule has 3 rings (SSSR count). The molecule has 5 amide bonds. The van der Waals surface area contributed by atoms with Crippen molar-refractivity contribution in [1.82, 2.24) is 26.2 Å². The number of benzene rings is 1. The highest BCUT2D eigenvalue weighted by Crippen LogP contribution is 2.28. The van der Waals surface area contributed by atoms with Gasteiger partial charge in [0.15, 0.2) is 0 Å². The van der Waals surface area contributed by atoms with E-state index in [4.69, 9.17) is 20.9 Å². The molecule has 1 aliphatic carbocycles. The number of nitrogens with one attached hydrogen (secondary N) is 4. The molecule has 55 heavy (non-hydrogen) atoms. The summed E-state index contributed by atoms with van der Waals surface area (Å²) in [4.78, 5) is 71.4. The summed E-state index contributed by atoms with van der Waals surface area (Å²) in [5.74, 6) is -2.60. The summed E-state index contributed by atoms with van der Waals surface area (Å²) in [5.41, 5.74) is 12.8. The monoisotopic (exact) mass is 772 g/mol. The van der Waals surface area contributed by atoms with Crippen molar-refractivity contribution in [3.63, 3.8) is 0 Å². The van der Waals surface area contributed by atoms with E-state index in [1.54, 1.807) is 26.1 Å². The van der Waals surface area contributed by atoms with E-state index >= 15 is 0 Å². The second-order valence-corrected chi connectivity index (χ2v) is 15.4. The van der Waals surface area contributed by atoms with Crippen LogP contribution in [0.1, 0.15) is 110 Å². The van der Waals surface area contributed by atoms with Crippen LogP contribution in [0, 0.1) is 11.8 Å². The normalized spacial score (nSPS) is 27.2. The minimum atomic E-state index is -1.20. The van der Waals surface area contributed by atoms with Gasteiger partial charge in [-0.15, -0.1) is 0 Å². The Balaban J connectivity index is 1.98. The van der Waals surface area contributed by atoms with Gasteiger partial charge in [-0.25, -0.2) is 0 Å². The molecule has 1 saturated carbocycles. The maximum Gasteiger partial charge on any atom is 0.246 e. The number of amides is 5. The molecule has 1 aromatic rings. The third-order valence-electron chi connectivity index (χ3n) is 10.9. The minimum absolute atomic E-state index is 0.110. The van der Waals surface area contributed by atoms with E-state index in [-0.39, 0.29) is 31.6 Å². The first kappa shape index (κ1) is 45.6. The highest BCUT2D eigenvalue weighted by molar-refractivity contribution is 5.96. The quantitative estimate of drug-likeness (QED) is 0.154. The molecule has 0 radical (unpaired) electrons. The van der Waals surface area contributed by atoms with Crippen LogP contribution < -0.4 is 37.5 Å². The lowest BCUT2D eigenvalue weighted by Crippen LogP contribution is -2.62. The van der Waals surface area contributed by atoms with Crippen molar-refractivity contribution in [3.05, 3.63) is 29.8 Å². The van der Waals surface area contributed by atoms with Crippen LogP contribution in [0.3, 0.4) is 0 Å². The van der Waals surface area contributed by atoms with Crippen LogP contribution in [0.15, 0.2) is 24.3 Å². The Hall–Kier alpha value is -3.75. The van der Waals surface area contributed by atoms with Crippen molar-refractivity contribution in [2.75, 3.05) is 33.4 Å². The molecule has 14 heteroatoms. The lowest BCUT2D eigenvalue weighted by atomic mass is 9.83. The van der Waals surface area contributed by atoms with Crippen LogP contribution in [-0.4, -0.2) is 104 Å². The van der Waals surface area contributed by atoms with E-state index in [1.807, 2.05) is 26.0 Å². The van der Waals surface area contributed by atoms with Crippen LogP contribution in [0.4, 0.5) is 0 Å². The second kappa shape index (κ2) is 24.0. The number of ether oxygens (including phenoxy) is 2. The smallest absolute Gasteiger partial charge is 0.246 e. The Labute approximate surface area is 328 Å². The number of carbonyl (C=O) groups is 5. The van der Waals surface area contributed by atoms with Crippen molar-refractivity contribution in [3.8, 4) is 5.75 Å². The summed E-state index contributed by atoms with van der Waals surface area (Å²) in [7, 11) is 1.64. The van der Waals surface area contributed by atoms with E-state index in [2.05, 4.69) is 28.2 Å². The first-order valence-electron chi connectivity index (χ1n) is 20.6. The first-order chi connectivity index (χ1) is 26.4. The van der Waals surface area contributed by atoms with Crippen LogP contribution >= 0.6 is 0 Å². The van der Waals surface area contributed by atoms with E-state index in [0.29, 0.717) is 38.0 Å². The zero-order chi connectivity index (χ0) is 40.3. The molecule has 1 aliphatic heterocycles. The molecule has 14 nitrogen and oxygen atoms in total. The van der Waals surface area contributed by atoms with Gasteiger partial charge in [-0.3, -0.25) is 24.0 Å². The van der Waals surface area contributed by atoms with Gasteiger partial charge in [-0.2, -0.15) is 0 Å². The van der Waals surface area contributed by atoms with Crippen LogP contribution in [0.5, 0.6) is 5.75 Å². The summed E-state index contributed by atoms with van der Waals surface area (Å²) < 4.78 is 12.4. The molecule has 2 aliphatic rings. The highest BCUT2D eigenvalue weighted by Gasteiger charge is 2.38. The largest absolute Gasteiger partial charge is 0.491 e. The predicted octanol–water partition coefficient (Wildman–Crippen LogP) is 2.70. The maximum absolute atomic E-state index is 14.1. The number of hydrogen-bond acceptors (Lipinski definition) is 9. The third-order valence-corrected chi connectivity index (χ3v) is 10.9.